The first kappa shape index (κ1) is 25.4. The summed E-state index contributed by atoms with van der Waals surface area (Å²) in [7, 11) is -2.92. The van der Waals surface area contributed by atoms with E-state index in [0.717, 1.165) is 11.1 Å². The lowest BCUT2D eigenvalue weighted by Crippen LogP contribution is -2.34. The molecule has 0 saturated carbocycles. The second-order valence-corrected chi connectivity index (χ2v) is 11.8. The number of fused-ring (bicyclic) bond motifs is 2. The fraction of sp³-hybridized carbons (Fsp3) is 0.259. The van der Waals surface area contributed by atoms with Crippen LogP contribution in [0.2, 0.25) is 0 Å². The molecule has 39 heavy (non-hydrogen) atoms. The van der Waals surface area contributed by atoms with Crippen LogP contribution >= 0.6 is 0 Å². The Labute approximate surface area is 223 Å². The Hall–Kier alpha value is -3.84. The second-order valence-electron chi connectivity index (χ2n) is 9.54. The average molecular weight is 553 g/mol. The Morgan fingerprint density at radius 2 is 1.72 bits per heavy atom. The number of aliphatic hydroxyl groups is 1. The van der Waals surface area contributed by atoms with Crippen molar-refractivity contribution in [2.24, 2.45) is 10.1 Å². The van der Waals surface area contributed by atoms with Crippen LogP contribution in [0.15, 0.2) is 69.9 Å². The summed E-state index contributed by atoms with van der Waals surface area (Å²) in [6.45, 7) is 0.486. The van der Waals surface area contributed by atoms with Crippen LogP contribution in [0.3, 0.4) is 0 Å². The lowest BCUT2D eigenvalue weighted by atomic mass is 10.0. The molecule has 4 N–H and O–H groups in total. The van der Waals surface area contributed by atoms with Crippen LogP contribution in [0.5, 0.6) is 5.88 Å². The Morgan fingerprint density at radius 1 is 1.08 bits per heavy atom. The van der Waals surface area contributed by atoms with E-state index in [1.54, 1.807) is 42.5 Å². The van der Waals surface area contributed by atoms with Gasteiger partial charge >= 0.3 is 6.03 Å². The molecule has 1 unspecified atom stereocenters. The molecule has 2 amide bonds. The van der Waals surface area contributed by atoms with Crippen molar-refractivity contribution < 1.29 is 32.7 Å². The normalized spacial score (nSPS) is 23.9. The number of H-pyrrole nitrogens is 1. The molecule has 0 bridgehead atoms. The fourth-order valence-corrected chi connectivity index (χ4v) is 6.01. The maximum atomic E-state index is 15.0. The molecule has 202 valence electrons. The van der Waals surface area contributed by atoms with E-state index in [2.05, 4.69) is 14.3 Å². The molecule has 12 heteroatoms. The van der Waals surface area contributed by atoms with Crippen molar-refractivity contribution in [1.29, 1.82) is 0 Å². The fourth-order valence-electron chi connectivity index (χ4n) is 4.93. The van der Waals surface area contributed by atoms with Gasteiger partial charge in [-0.3, -0.25) is 0 Å². The van der Waals surface area contributed by atoms with Crippen LogP contribution in [0.1, 0.15) is 0 Å². The number of hydrogen-bond donors (Lipinski definition) is 3. The number of urea groups is 1. The largest absolute Gasteiger partial charge is 0.470 e. The minimum atomic E-state index is -2.92. The van der Waals surface area contributed by atoms with Crippen LogP contribution in [-0.2, 0) is 19.2 Å². The SMILES string of the molecule is CS(=O)(=NC(N)=O)c1ccc(-c2ccc(-c3nc4cc(O[C@@H]5CO[C@H]6[C@@H]5OC[C@H]6O)[nH]c4cc3F)cc2)cc1. The summed E-state index contributed by atoms with van der Waals surface area (Å²) >= 11 is 0. The first-order valence-corrected chi connectivity index (χ1v) is 14.1. The highest BCUT2D eigenvalue weighted by Crippen LogP contribution is 2.32. The highest BCUT2D eigenvalue weighted by molar-refractivity contribution is 7.93. The summed E-state index contributed by atoms with van der Waals surface area (Å²) in [5.74, 6) is -0.0813. The number of carbonyl (C=O) groups is 1. The number of amides is 2. The lowest BCUT2D eigenvalue weighted by Gasteiger charge is -2.16. The van der Waals surface area contributed by atoms with Crippen molar-refractivity contribution in [2.45, 2.75) is 29.3 Å². The molecule has 2 aliphatic heterocycles. The van der Waals surface area contributed by atoms with Gasteiger partial charge < -0.3 is 30.0 Å². The van der Waals surface area contributed by atoms with Gasteiger partial charge in [-0.1, -0.05) is 36.4 Å². The van der Waals surface area contributed by atoms with E-state index in [9.17, 15) is 14.1 Å². The molecule has 0 aliphatic carbocycles. The Kier molecular flexibility index (Phi) is 6.34. The zero-order valence-corrected chi connectivity index (χ0v) is 21.6. The summed E-state index contributed by atoms with van der Waals surface area (Å²) in [6, 6.07) is 16.1. The third kappa shape index (κ3) is 4.87. The number of nitrogens with one attached hydrogen (secondary N) is 1. The first-order chi connectivity index (χ1) is 18.7. The molecule has 4 aromatic rings. The topological polar surface area (TPSA) is 149 Å². The van der Waals surface area contributed by atoms with Gasteiger partial charge in [0, 0.05) is 28.8 Å². The smallest absolute Gasteiger partial charge is 0.346 e. The van der Waals surface area contributed by atoms with Crippen molar-refractivity contribution in [1.82, 2.24) is 9.97 Å². The first-order valence-electron chi connectivity index (χ1n) is 12.2. The van der Waals surface area contributed by atoms with Crippen LogP contribution in [0, 0.1) is 5.82 Å². The molecular formula is C27H25FN4O6S. The second kappa shape index (κ2) is 9.72. The number of hydrogen-bond acceptors (Lipinski definition) is 7. The molecular weight excluding hydrogens is 527 g/mol. The van der Waals surface area contributed by atoms with Gasteiger partial charge in [0.25, 0.3) is 0 Å². The minimum absolute atomic E-state index is 0.195. The molecule has 0 radical (unpaired) electrons. The van der Waals surface area contributed by atoms with E-state index in [1.807, 2.05) is 12.1 Å². The number of primary amides is 1. The third-order valence-electron chi connectivity index (χ3n) is 6.84. The molecule has 2 aromatic heterocycles. The Balaban J connectivity index is 1.21. The number of nitrogens with two attached hydrogens (primary N) is 1. The molecule has 2 aliphatic rings. The number of ether oxygens (including phenoxy) is 3. The van der Waals surface area contributed by atoms with Gasteiger partial charge in [-0.05, 0) is 23.3 Å². The average Bonchev–Trinajstić information content (AvgIpc) is 3.59. The number of aromatic amines is 1. The van der Waals surface area contributed by atoms with Gasteiger partial charge in [0.05, 0.1) is 34.0 Å². The molecule has 6 rings (SSSR count). The van der Waals surface area contributed by atoms with Gasteiger partial charge in [-0.25, -0.2) is 18.4 Å². The van der Waals surface area contributed by atoms with Crippen molar-refractivity contribution in [3.8, 4) is 28.3 Å². The molecule has 0 spiro atoms. The van der Waals surface area contributed by atoms with Crippen LogP contribution in [-0.4, -0.2) is 69.2 Å². The van der Waals surface area contributed by atoms with E-state index in [-0.39, 0.29) is 25.0 Å². The number of pyridine rings is 1. The maximum Gasteiger partial charge on any atom is 0.346 e. The summed E-state index contributed by atoms with van der Waals surface area (Å²) in [6.07, 6.45) is -0.486. The van der Waals surface area contributed by atoms with Crippen molar-refractivity contribution >= 4 is 26.8 Å². The zero-order chi connectivity index (χ0) is 27.3. The third-order valence-corrected chi connectivity index (χ3v) is 8.51. The van der Waals surface area contributed by atoms with E-state index in [4.69, 9.17) is 19.9 Å². The highest BCUT2D eigenvalue weighted by atomic mass is 32.2. The quantitative estimate of drug-likeness (QED) is 0.343. The molecule has 10 nitrogen and oxygen atoms in total. The number of nitrogens with zero attached hydrogens (tertiary/aromatic N) is 2. The monoisotopic (exact) mass is 552 g/mol. The predicted octanol–water partition coefficient (Wildman–Crippen LogP) is 3.48. The van der Waals surface area contributed by atoms with Gasteiger partial charge in [0.1, 0.15) is 24.0 Å². The predicted molar refractivity (Wildman–Crippen MR) is 141 cm³/mol. The number of aliphatic hydroxyl groups excluding tert-OH is 1. The molecule has 5 atom stereocenters. The molecule has 2 fully saturated rings. The Morgan fingerprint density at radius 3 is 2.41 bits per heavy atom. The summed E-state index contributed by atoms with van der Waals surface area (Å²) in [4.78, 5) is 19.0. The van der Waals surface area contributed by atoms with Gasteiger partial charge in [-0.2, -0.15) is 0 Å². The minimum Gasteiger partial charge on any atom is -0.470 e. The van der Waals surface area contributed by atoms with E-state index < -0.39 is 39.9 Å². The van der Waals surface area contributed by atoms with E-state index in [0.29, 0.717) is 27.4 Å². The number of aromatic nitrogens is 2. The summed E-state index contributed by atoms with van der Waals surface area (Å²) < 4.78 is 48.3. The van der Waals surface area contributed by atoms with Crippen molar-refractivity contribution in [3.63, 3.8) is 0 Å². The van der Waals surface area contributed by atoms with Crippen LogP contribution in [0.4, 0.5) is 9.18 Å². The number of benzene rings is 2. The number of halogens is 1. The van der Waals surface area contributed by atoms with Crippen molar-refractivity contribution in [3.05, 3.63) is 66.5 Å². The van der Waals surface area contributed by atoms with Gasteiger partial charge in [0.15, 0.2) is 17.8 Å². The van der Waals surface area contributed by atoms with Crippen molar-refractivity contribution in [2.75, 3.05) is 19.5 Å². The van der Waals surface area contributed by atoms with E-state index in [1.165, 1.54) is 12.3 Å². The molecule has 4 heterocycles. The number of carbonyl (C=O) groups excluding carboxylic acids is 1. The van der Waals surface area contributed by atoms with Gasteiger partial charge in [-0.15, -0.1) is 4.36 Å². The van der Waals surface area contributed by atoms with Crippen LogP contribution < -0.4 is 10.5 Å². The summed E-state index contributed by atoms with van der Waals surface area (Å²) in [5.41, 5.74) is 8.56. The van der Waals surface area contributed by atoms with Gasteiger partial charge in [0.2, 0.25) is 0 Å². The Bertz CT molecular complexity index is 1680. The van der Waals surface area contributed by atoms with Crippen LogP contribution in [0.25, 0.3) is 33.4 Å². The number of rotatable bonds is 5. The zero-order valence-electron chi connectivity index (χ0n) is 20.7. The molecule has 2 aromatic carbocycles. The van der Waals surface area contributed by atoms with E-state index >= 15 is 4.39 Å². The molecule has 2 saturated heterocycles. The maximum absolute atomic E-state index is 15.0. The highest BCUT2D eigenvalue weighted by Gasteiger charge is 2.48. The summed E-state index contributed by atoms with van der Waals surface area (Å²) in [5, 5.41) is 9.92. The standard InChI is InChI=1S/C27H25FN4O6S/c1-39(35,32-27(29)34)17-8-6-15(7-9-17)14-2-4-16(5-3-14)24-18(28)10-19-20(31-24)11-23(30-19)38-22-13-37-25-21(33)12-36-26(22)25/h2-11,21-22,25-26,30,33H,12-13H2,1H3,(H2,29,34)/t21-,22-,25-,26-,39?/m1/s1. The lowest BCUT2D eigenvalue weighted by molar-refractivity contribution is 0.00794.